The van der Waals surface area contributed by atoms with Crippen LogP contribution in [0.15, 0.2) is 70.0 Å². The van der Waals surface area contributed by atoms with Crippen molar-refractivity contribution in [2.45, 2.75) is 0 Å². The molecule has 4 rings (SSSR count). The summed E-state index contributed by atoms with van der Waals surface area (Å²) in [7, 11) is 0. The number of aromatic nitrogens is 1. The Bertz CT molecular complexity index is 1160. The maximum atomic E-state index is 12.6. The van der Waals surface area contributed by atoms with Crippen molar-refractivity contribution in [3.63, 3.8) is 0 Å². The van der Waals surface area contributed by atoms with Crippen LogP contribution in [-0.4, -0.2) is 15.9 Å². The quantitative estimate of drug-likeness (QED) is 0.453. The highest BCUT2D eigenvalue weighted by molar-refractivity contribution is 6.11. The molecule has 0 spiro atoms. The highest BCUT2D eigenvalue weighted by atomic mass is 16.3. The summed E-state index contributed by atoms with van der Waals surface area (Å²) in [5.74, 6) is -0.525. The SMILES string of the molecule is O=C(c1cnc2oc3ccccc3c(=O)c2c1)c1ccccc1O. The van der Waals surface area contributed by atoms with E-state index in [4.69, 9.17) is 4.42 Å². The van der Waals surface area contributed by atoms with Crippen molar-refractivity contribution in [2.75, 3.05) is 0 Å². The fourth-order valence-electron chi connectivity index (χ4n) is 2.63. The zero-order valence-corrected chi connectivity index (χ0v) is 12.4. The van der Waals surface area contributed by atoms with Gasteiger partial charge < -0.3 is 9.52 Å². The molecule has 2 aromatic heterocycles. The molecular weight excluding hydrogens is 306 g/mol. The molecule has 0 fully saturated rings. The molecule has 0 saturated heterocycles. The van der Waals surface area contributed by atoms with Crippen LogP contribution in [-0.2, 0) is 0 Å². The predicted octanol–water partition coefficient (Wildman–Crippen LogP) is 3.28. The molecule has 0 saturated carbocycles. The van der Waals surface area contributed by atoms with E-state index in [1.54, 1.807) is 36.4 Å². The van der Waals surface area contributed by atoms with Crippen molar-refractivity contribution in [3.05, 3.63) is 82.1 Å². The smallest absolute Gasteiger partial charge is 0.230 e. The minimum atomic E-state index is -0.407. The van der Waals surface area contributed by atoms with Crippen molar-refractivity contribution in [1.82, 2.24) is 4.98 Å². The van der Waals surface area contributed by atoms with E-state index in [1.807, 2.05) is 0 Å². The molecule has 116 valence electrons. The van der Waals surface area contributed by atoms with Gasteiger partial charge in [0.25, 0.3) is 0 Å². The van der Waals surface area contributed by atoms with E-state index >= 15 is 0 Å². The Morgan fingerprint density at radius 1 is 1.00 bits per heavy atom. The maximum Gasteiger partial charge on any atom is 0.230 e. The highest BCUT2D eigenvalue weighted by Gasteiger charge is 2.16. The van der Waals surface area contributed by atoms with Gasteiger partial charge in [0.1, 0.15) is 11.3 Å². The number of hydrogen-bond acceptors (Lipinski definition) is 5. The molecule has 5 heteroatoms. The summed E-state index contributed by atoms with van der Waals surface area (Å²) < 4.78 is 5.62. The summed E-state index contributed by atoms with van der Waals surface area (Å²) in [6.45, 7) is 0. The Morgan fingerprint density at radius 2 is 1.75 bits per heavy atom. The summed E-state index contributed by atoms with van der Waals surface area (Å²) in [6, 6.07) is 14.6. The van der Waals surface area contributed by atoms with Gasteiger partial charge in [0.05, 0.1) is 16.3 Å². The number of phenols is 1. The van der Waals surface area contributed by atoms with E-state index in [2.05, 4.69) is 4.98 Å². The fraction of sp³-hybridized carbons (Fsp3) is 0. The lowest BCUT2D eigenvalue weighted by Gasteiger charge is -2.05. The number of hydrogen-bond donors (Lipinski definition) is 1. The lowest BCUT2D eigenvalue weighted by atomic mass is 10.0. The number of phenolic OH excluding ortho intramolecular Hbond substituents is 1. The number of pyridine rings is 1. The first-order valence-corrected chi connectivity index (χ1v) is 7.29. The Kier molecular flexibility index (Phi) is 3.13. The van der Waals surface area contributed by atoms with Crippen molar-refractivity contribution in [1.29, 1.82) is 0 Å². The van der Waals surface area contributed by atoms with Crippen LogP contribution in [0.3, 0.4) is 0 Å². The molecule has 4 aromatic rings. The van der Waals surface area contributed by atoms with Crippen molar-refractivity contribution in [3.8, 4) is 5.75 Å². The van der Waals surface area contributed by atoms with E-state index < -0.39 is 5.78 Å². The first kappa shape index (κ1) is 14.1. The van der Waals surface area contributed by atoms with Gasteiger partial charge in [0, 0.05) is 11.8 Å². The topological polar surface area (TPSA) is 80.4 Å². The number of ketones is 1. The van der Waals surface area contributed by atoms with Crippen LogP contribution in [0, 0.1) is 0 Å². The van der Waals surface area contributed by atoms with Crippen molar-refractivity contribution in [2.24, 2.45) is 0 Å². The summed E-state index contributed by atoms with van der Waals surface area (Å²) in [5.41, 5.74) is 0.747. The van der Waals surface area contributed by atoms with Gasteiger partial charge in [-0.3, -0.25) is 9.59 Å². The van der Waals surface area contributed by atoms with Gasteiger partial charge in [-0.25, -0.2) is 4.98 Å². The third-order valence-corrected chi connectivity index (χ3v) is 3.84. The van der Waals surface area contributed by atoms with E-state index in [0.29, 0.717) is 11.0 Å². The lowest BCUT2D eigenvalue weighted by molar-refractivity contribution is 0.103. The summed E-state index contributed by atoms with van der Waals surface area (Å²) in [6.07, 6.45) is 1.34. The number of nitrogens with zero attached hydrogens (tertiary/aromatic N) is 1. The lowest BCUT2D eigenvalue weighted by Crippen LogP contribution is -2.07. The number of fused-ring (bicyclic) bond motifs is 2. The highest BCUT2D eigenvalue weighted by Crippen LogP contribution is 2.22. The standard InChI is InChI=1S/C19H11NO4/c21-15-7-3-1-5-12(15)17(22)11-9-14-18(23)13-6-2-4-8-16(13)24-19(14)20-10-11/h1-10,21H. The van der Waals surface area contributed by atoms with Crippen LogP contribution in [0.4, 0.5) is 0 Å². The molecule has 0 amide bonds. The molecular formula is C19H11NO4. The molecule has 0 bridgehead atoms. The van der Waals surface area contributed by atoms with E-state index in [0.717, 1.165) is 0 Å². The Hall–Kier alpha value is -3.47. The minimum Gasteiger partial charge on any atom is -0.507 e. The molecule has 0 aliphatic heterocycles. The van der Waals surface area contributed by atoms with Gasteiger partial charge in [0.15, 0.2) is 5.78 Å². The third-order valence-electron chi connectivity index (χ3n) is 3.84. The summed E-state index contributed by atoms with van der Waals surface area (Å²) >= 11 is 0. The number of rotatable bonds is 2. The summed E-state index contributed by atoms with van der Waals surface area (Å²) in [5, 5.41) is 10.5. The molecule has 0 atom stereocenters. The van der Waals surface area contributed by atoms with Gasteiger partial charge >= 0.3 is 0 Å². The average Bonchev–Trinajstić information content (AvgIpc) is 2.62. The predicted molar refractivity (Wildman–Crippen MR) is 89.3 cm³/mol. The largest absolute Gasteiger partial charge is 0.507 e. The van der Waals surface area contributed by atoms with Crippen LogP contribution < -0.4 is 5.43 Å². The van der Waals surface area contributed by atoms with Crippen LogP contribution >= 0.6 is 0 Å². The monoisotopic (exact) mass is 317 g/mol. The van der Waals surface area contributed by atoms with Gasteiger partial charge in [-0.05, 0) is 30.3 Å². The Balaban J connectivity index is 1.94. The van der Waals surface area contributed by atoms with Crippen molar-refractivity contribution < 1.29 is 14.3 Å². The zero-order valence-electron chi connectivity index (χ0n) is 12.4. The number of aromatic hydroxyl groups is 1. The van der Waals surface area contributed by atoms with Gasteiger partial charge in [-0.15, -0.1) is 0 Å². The number of carbonyl (C=O) groups excluding carboxylic acids is 1. The van der Waals surface area contributed by atoms with Gasteiger partial charge in [-0.2, -0.15) is 0 Å². The first-order valence-electron chi connectivity index (χ1n) is 7.29. The average molecular weight is 317 g/mol. The Labute approximate surface area is 135 Å². The third kappa shape index (κ3) is 2.14. The van der Waals surface area contributed by atoms with Crippen LogP contribution in [0.5, 0.6) is 5.75 Å². The molecule has 2 aromatic carbocycles. The number of benzene rings is 2. The van der Waals surface area contributed by atoms with Gasteiger partial charge in [0.2, 0.25) is 11.1 Å². The van der Waals surface area contributed by atoms with E-state index in [1.165, 1.54) is 24.4 Å². The fourth-order valence-corrected chi connectivity index (χ4v) is 2.63. The van der Waals surface area contributed by atoms with Crippen LogP contribution in [0.1, 0.15) is 15.9 Å². The molecule has 5 nitrogen and oxygen atoms in total. The van der Waals surface area contributed by atoms with Crippen LogP contribution in [0.2, 0.25) is 0 Å². The number of para-hydroxylation sites is 2. The van der Waals surface area contributed by atoms with E-state index in [-0.39, 0.29) is 33.4 Å². The second-order valence-corrected chi connectivity index (χ2v) is 5.35. The normalized spacial score (nSPS) is 11.0. The number of carbonyl (C=O) groups is 1. The molecule has 0 aliphatic carbocycles. The maximum absolute atomic E-state index is 12.6. The molecule has 0 unspecified atom stereocenters. The minimum absolute atomic E-state index is 0.117. The zero-order chi connectivity index (χ0) is 16.7. The van der Waals surface area contributed by atoms with E-state index in [9.17, 15) is 14.7 Å². The van der Waals surface area contributed by atoms with Crippen molar-refractivity contribution >= 4 is 27.9 Å². The van der Waals surface area contributed by atoms with Gasteiger partial charge in [-0.1, -0.05) is 24.3 Å². The molecule has 2 heterocycles. The Morgan fingerprint density at radius 3 is 2.58 bits per heavy atom. The molecule has 0 radical (unpaired) electrons. The second kappa shape index (κ2) is 5.31. The van der Waals surface area contributed by atoms with Crippen LogP contribution in [0.25, 0.3) is 22.1 Å². The second-order valence-electron chi connectivity index (χ2n) is 5.35. The first-order chi connectivity index (χ1) is 11.6. The molecule has 24 heavy (non-hydrogen) atoms. The molecule has 1 N–H and O–H groups in total. The summed E-state index contributed by atoms with van der Waals surface area (Å²) in [4.78, 5) is 29.3. The molecule has 0 aliphatic rings.